The predicted octanol–water partition coefficient (Wildman–Crippen LogP) is 3.26. The number of carbonyl (C=O) groups is 3. The van der Waals surface area contributed by atoms with Crippen LogP contribution in [0.1, 0.15) is 30.1 Å². The van der Waals surface area contributed by atoms with Gasteiger partial charge in [0.25, 0.3) is 0 Å². The fourth-order valence-electron chi connectivity index (χ4n) is 2.27. The number of methoxy groups -OCH3 is 1. The largest absolute Gasteiger partial charge is 0.497 e. The summed E-state index contributed by atoms with van der Waals surface area (Å²) < 4.78 is 5.09. The van der Waals surface area contributed by atoms with Gasteiger partial charge in [0.2, 0.25) is 11.8 Å². The molecule has 0 saturated carbocycles. The second-order valence-electron chi connectivity index (χ2n) is 5.47. The summed E-state index contributed by atoms with van der Waals surface area (Å²) in [6.45, 7) is 1.41. The van der Waals surface area contributed by atoms with Gasteiger partial charge in [-0.25, -0.2) is 0 Å². The SMILES string of the molecule is COc1cccc(C(=O)CCC(=O)Nc2cccc(NC(C)=O)c2)c1. The average Bonchev–Trinajstić information content (AvgIpc) is 2.59. The van der Waals surface area contributed by atoms with Crippen LogP contribution in [0.4, 0.5) is 11.4 Å². The van der Waals surface area contributed by atoms with Crippen LogP contribution in [-0.4, -0.2) is 24.7 Å². The third-order valence-electron chi connectivity index (χ3n) is 3.44. The molecule has 0 saturated heterocycles. The maximum Gasteiger partial charge on any atom is 0.224 e. The molecule has 0 atom stereocenters. The third kappa shape index (κ3) is 5.76. The van der Waals surface area contributed by atoms with E-state index in [0.717, 1.165) is 0 Å². The first-order chi connectivity index (χ1) is 12.0. The zero-order valence-electron chi connectivity index (χ0n) is 14.2. The molecule has 0 aromatic heterocycles. The summed E-state index contributed by atoms with van der Waals surface area (Å²) in [6, 6.07) is 13.7. The van der Waals surface area contributed by atoms with E-state index in [2.05, 4.69) is 10.6 Å². The molecule has 2 aromatic carbocycles. The van der Waals surface area contributed by atoms with E-state index in [4.69, 9.17) is 4.74 Å². The van der Waals surface area contributed by atoms with Gasteiger partial charge in [-0.1, -0.05) is 18.2 Å². The lowest BCUT2D eigenvalue weighted by Crippen LogP contribution is -2.14. The molecule has 0 aliphatic heterocycles. The van der Waals surface area contributed by atoms with E-state index in [1.807, 2.05) is 0 Å². The predicted molar refractivity (Wildman–Crippen MR) is 95.9 cm³/mol. The fraction of sp³-hybridized carbons (Fsp3) is 0.211. The summed E-state index contributed by atoms with van der Waals surface area (Å²) in [5.41, 5.74) is 1.67. The van der Waals surface area contributed by atoms with Crippen LogP contribution in [0.25, 0.3) is 0 Å². The lowest BCUT2D eigenvalue weighted by molar-refractivity contribution is -0.116. The van der Waals surface area contributed by atoms with Gasteiger partial charge in [0.05, 0.1) is 7.11 Å². The number of carbonyl (C=O) groups excluding carboxylic acids is 3. The summed E-state index contributed by atoms with van der Waals surface area (Å²) >= 11 is 0. The lowest BCUT2D eigenvalue weighted by atomic mass is 10.1. The number of amides is 2. The van der Waals surface area contributed by atoms with Gasteiger partial charge in [-0.2, -0.15) is 0 Å². The molecular weight excluding hydrogens is 320 g/mol. The number of ether oxygens (including phenoxy) is 1. The van der Waals surface area contributed by atoms with Crippen molar-refractivity contribution >= 4 is 29.0 Å². The molecule has 0 aliphatic carbocycles. The number of nitrogens with one attached hydrogen (secondary N) is 2. The number of ketones is 1. The molecule has 130 valence electrons. The molecule has 0 aliphatic rings. The van der Waals surface area contributed by atoms with Crippen LogP contribution in [0.2, 0.25) is 0 Å². The molecule has 0 fully saturated rings. The van der Waals surface area contributed by atoms with E-state index in [9.17, 15) is 14.4 Å². The second-order valence-corrected chi connectivity index (χ2v) is 5.47. The Balaban J connectivity index is 1.90. The highest BCUT2D eigenvalue weighted by molar-refractivity contribution is 6.00. The molecule has 0 unspecified atom stereocenters. The zero-order valence-corrected chi connectivity index (χ0v) is 14.2. The van der Waals surface area contributed by atoms with Gasteiger partial charge in [-0.05, 0) is 30.3 Å². The molecule has 0 heterocycles. The fourth-order valence-corrected chi connectivity index (χ4v) is 2.27. The lowest BCUT2D eigenvalue weighted by Gasteiger charge is -2.08. The van der Waals surface area contributed by atoms with Crippen molar-refractivity contribution in [3.8, 4) is 5.75 Å². The Hall–Kier alpha value is -3.15. The molecule has 0 radical (unpaired) electrons. The maximum atomic E-state index is 12.2. The van der Waals surface area contributed by atoms with Crippen LogP contribution >= 0.6 is 0 Å². The highest BCUT2D eigenvalue weighted by Gasteiger charge is 2.10. The summed E-state index contributed by atoms with van der Waals surface area (Å²) in [7, 11) is 1.53. The first-order valence-corrected chi connectivity index (χ1v) is 7.82. The van der Waals surface area contributed by atoms with E-state index < -0.39 is 0 Å². The van der Waals surface area contributed by atoms with Crippen molar-refractivity contribution in [3.05, 3.63) is 54.1 Å². The molecule has 2 rings (SSSR count). The van der Waals surface area contributed by atoms with Crippen molar-refractivity contribution in [2.24, 2.45) is 0 Å². The first-order valence-electron chi connectivity index (χ1n) is 7.82. The van der Waals surface area contributed by atoms with Crippen LogP contribution in [0.5, 0.6) is 5.75 Å². The Labute approximate surface area is 146 Å². The molecule has 0 bridgehead atoms. The van der Waals surface area contributed by atoms with Gasteiger partial charge in [0, 0.05) is 36.7 Å². The van der Waals surface area contributed by atoms with Crippen LogP contribution in [0.15, 0.2) is 48.5 Å². The number of rotatable bonds is 7. The summed E-state index contributed by atoms with van der Waals surface area (Å²) in [4.78, 5) is 35.3. The molecule has 6 heteroatoms. The number of benzene rings is 2. The molecular formula is C19H20N2O4. The van der Waals surface area contributed by atoms with Gasteiger partial charge in [0.1, 0.15) is 5.75 Å². The first kappa shape index (κ1) is 18.2. The van der Waals surface area contributed by atoms with E-state index in [0.29, 0.717) is 22.7 Å². The number of Topliss-reactive ketones (excluding diaryl/α,β-unsaturated/α-hetero) is 1. The van der Waals surface area contributed by atoms with Crippen molar-refractivity contribution in [2.75, 3.05) is 17.7 Å². The van der Waals surface area contributed by atoms with Crippen molar-refractivity contribution < 1.29 is 19.1 Å². The summed E-state index contributed by atoms with van der Waals surface area (Å²) in [5, 5.41) is 5.36. The number of hydrogen-bond acceptors (Lipinski definition) is 4. The quantitative estimate of drug-likeness (QED) is 0.758. The van der Waals surface area contributed by atoms with Gasteiger partial charge in [-0.15, -0.1) is 0 Å². The minimum Gasteiger partial charge on any atom is -0.497 e. The van der Waals surface area contributed by atoms with Crippen molar-refractivity contribution in [1.82, 2.24) is 0 Å². The third-order valence-corrected chi connectivity index (χ3v) is 3.44. The number of hydrogen-bond donors (Lipinski definition) is 2. The molecule has 0 spiro atoms. The molecule has 2 N–H and O–H groups in total. The van der Waals surface area contributed by atoms with Crippen molar-refractivity contribution in [2.45, 2.75) is 19.8 Å². The van der Waals surface area contributed by atoms with Crippen molar-refractivity contribution in [1.29, 1.82) is 0 Å². The Morgan fingerprint density at radius 1 is 0.920 bits per heavy atom. The van der Waals surface area contributed by atoms with E-state index in [1.165, 1.54) is 14.0 Å². The van der Waals surface area contributed by atoms with Crippen molar-refractivity contribution in [3.63, 3.8) is 0 Å². The number of anilines is 2. The molecule has 2 amide bonds. The highest BCUT2D eigenvalue weighted by atomic mass is 16.5. The standard InChI is InChI=1S/C19H20N2O4/c1-13(22)20-15-6-4-7-16(12-15)21-19(24)10-9-18(23)14-5-3-8-17(11-14)25-2/h3-8,11-12H,9-10H2,1-2H3,(H,20,22)(H,21,24). The smallest absolute Gasteiger partial charge is 0.224 e. The van der Waals surface area contributed by atoms with Gasteiger partial charge in [0.15, 0.2) is 5.78 Å². The molecule has 25 heavy (non-hydrogen) atoms. The Bertz CT molecular complexity index is 786. The van der Waals surface area contributed by atoms with Crippen LogP contribution < -0.4 is 15.4 Å². The highest BCUT2D eigenvalue weighted by Crippen LogP contribution is 2.17. The Kier molecular flexibility index (Phi) is 6.28. The summed E-state index contributed by atoms with van der Waals surface area (Å²) in [5.74, 6) is 0.0229. The Morgan fingerprint density at radius 2 is 1.60 bits per heavy atom. The Morgan fingerprint density at radius 3 is 2.28 bits per heavy atom. The summed E-state index contributed by atoms with van der Waals surface area (Å²) in [6.07, 6.45) is 0.171. The van der Waals surface area contributed by atoms with E-state index in [-0.39, 0.29) is 30.4 Å². The topological polar surface area (TPSA) is 84.5 Å². The van der Waals surface area contributed by atoms with Gasteiger partial charge < -0.3 is 15.4 Å². The molecule has 6 nitrogen and oxygen atoms in total. The van der Waals surface area contributed by atoms with Crippen LogP contribution in [-0.2, 0) is 9.59 Å². The van der Waals surface area contributed by atoms with Crippen LogP contribution in [0, 0.1) is 0 Å². The maximum absolute atomic E-state index is 12.2. The zero-order chi connectivity index (χ0) is 18.2. The van der Waals surface area contributed by atoms with E-state index in [1.54, 1.807) is 48.5 Å². The monoisotopic (exact) mass is 340 g/mol. The normalized spacial score (nSPS) is 10.0. The minimum absolute atomic E-state index is 0.0698. The van der Waals surface area contributed by atoms with Gasteiger partial charge >= 0.3 is 0 Å². The van der Waals surface area contributed by atoms with Gasteiger partial charge in [-0.3, -0.25) is 14.4 Å². The van der Waals surface area contributed by atoms with Crippen LogP contribution in [0.3, 0.4) is 0 Å². The molecule has 2 aromatic rings. The minimum atomic E-state index is -0.267. The second kappa shape index (κ2) is 8.63. The average molecular weight is 340 g/mol. The van der Waals surface area contributed by atoms with E-state index >= 15 is 0 Å².